The van der Waals surface area contributed by atoms with Crippen LogP contribution in [0.2, 0.25) is 10.0 Å². The highest BCUT2D eigenvalue weighted by molar-refractivity contribution is 14.0. The third kappa shape index (κ3) is 6.21. The van der Waals surface area contributed by atoms with Crippen molar-refractivity contribution in [1.82, 2.24) is 10.6 Å². The Morgan fingerprint density at radius 2 is 2.15 bits per heavy atom. The first kappa shape index (κ1) is 19.4. The van der Waals surface area contributed by atoms with Gasteiger partial charge in [-0.1, -0.05) is 35.2 Å². The Kier molecular flexibility index (Phi) is 9.82. The van der Waals surface area contributed by atoms with Crippen molar-refractivity contribution in [2.24, 2.45) is 4.99 Å². The van der Waals surface area contributed by atoms with Crippen LogP contribution in [0.5, 0.6) is 0 Å². The van der Waals surface area contributed by atoms with Crippen LogP contribution in [0.25, 0.3) is 0 Å². The van der Waals surface area contributed by atoms with Gasteiger partial charge in [0.15, 0.2) is 5.96 Å². The number of hydrogen-bond donors (Lipinski definition) is 2. The van der Waals surface area contributed by atoms with Crippen molar-refractivity contribution in [3.8, 4) is 12.3 Å². The standard InChI is InChI=1S/C14H17Cl2N3.HI/c1-4-8-18-14(17-5-2)19-10(3)12-7-6-11(15)9-13(12)16;/h1,6-7,9-10H,5,8H2,2-3H3,(H2,17,18,19);1H. The van der Waals surface area contributed by atoms with Crippen molar-refractivity contribution in [3.05, 3.63) is 33.8 Å². The number of aliphatic imine (C=N–C) groups is 1. The zero-order valence-electron chi connectivity index (χ0n) is 11.4. The van der Waals surface area contributed by atoms with Crippen LogP contribution >= 0.6 is 47.2 Å². The van der Waals surface area contributed by atoms with Crippen LogP contribution in [0, 0.1) is 12.3 Å². The molecule has 0 spiro atoms. The van der Waals surface area contributed by atoms with Gasteiger partial charge >= 0.3 is 0 Å². The van der Waals surface area contributed by atoms with E-state index in [4.69, 9.17) is 29.6 Å². The van der Waals surface area contributed by atoms with Crippen LogP contribution in [-0.4, -0.2) is 19.0 Å². The SMILES string of the molecule is C#CCN=C(NCC)NC(C)c1ccc(Cl)cc1Cl.I. The number of guanidine groups is 1. The Morgan fingerprint density at radius 1 is 1.45 bits per heavy atom. The summed E-state index contributed by atoms with van der Waals surface area (Å²) in [4.78, 5) is 4.23. The zero-order valence-corrected chi connectivity index (χ0v) is 15.3. The van der Waals surface area contributed by atoms with Gasteiger partial charge in [0.25, 0.3) is 0 Å². The quantitative estimate of drug-likeness (QED) is 0.332. The number of hydrogen-bond acceptors (Lipinski definition) is 1. The van der Waals surface area contributed by atoms with Gasteiger partial charge in [0.1, 0.15) is 6.54 Å². The molecule has 0 aromatic heterocycles. The van der Waals surface area contributed by atoms with E-state index in [9.17, 15) is 0 Å². The summed E-state index contributed by atoms with van der Waals surface area (Å²) >= 11 is 12.1. The van der Waals surface area contributed by atoms with Crippen LogP contribution in [0.1, 0.15) is 25.5 Å². The largest absolute Gasteiger partial charge is 0.357 e. The van der Waals surface area contributed by atoms with Crippen LogP contribution in [0.3, 0.4) is 0 Å². The number of terminal acetylenes is 1. The van der Waals surface area contributed by atoms with Crippen molar-refractivity contribution in [2.75, 3.05) is 13.1 Å². The maximum Gasteiger partial charge on any atom is 0.192 e. The number of halogens is 3. The van der Waals surface area contributed by atoms with E-state index in [1.54, 1.807) is 6.07 Å². The highest BCUT2D eigenvalue weighted by Crippen LogP contribution is 2.25. The molecule has 0 saturated carbocycles. The average molecular weight is 426 g/mol. The molecule has 0 amide bonds. The number of nitrogens with zero attached hydrogens (tertiary/aromatic N) is 1. The molecule has 1 atom stereocenters. The molecule has 3 nitrogen and oxygen atoms in total. The van der Waals surface area contributed by atoms with E-state index >= 15 is 0 Å². The summed E-state index contributed by atoms with van der Waals surface area (Å²) in [5, 5.41) is 7.61. The lowest BCUT2D eigenvalue weighted by atomic mass is 10.1. The summed E-state index contributed by atoms with van der Waals surface area (Å²) in [5.41, 5.74) is 0.956. The minimum Gasteiger partial charge on any atom is -0.357 e. The van der Waals surface area contributed by atoms with E-state index in [1.165, 1.54) is 0 Å². The highest BCUT2D eigenvalue weighted by Gasteiger charge is 2.11. The fourth-order valence-corrected chi connectivity index (χ4v) is 2.15. The first-order valence-electron chi connectivity index (χ1n) is 6.01. The molecule has 0 fully saturated rings. The summed E-state index contributed by atoms with van der Waals surface area (Å²) in [7, 11) is 0. The molecule has 1 aromatic carbocycles. The van der Waals surface area contributed by atoms with E-state index in [-0.39, 0.29) is 30.0 Å². The van der Waals surface area contributed by atoms with E-state index in [0.717, 1.165) is 12.1 Å². The molecule has 0 aliphatic carbocycles. The van der Waals surface area contributed by atoms with E-state index in [0.29, 0.717) is 22.5 Å². The number of rotatable bonds is 4. The second-order valence-corrected chi connectivity index (χ2v) is 4.77. The molecule has 20 heavy (non-hydrogen) atoms. The van der Waals surface area contributed by atoms with Gasteiger partial charge in [0.05, 0.1) is 6.04 Å². The highest BCUT2D eigenvalue weighted by atomic mass is 127. The van der Waals surface area contributed by atoms with Crippen LogP contribution in [0.15, 0.2) is 23.2 Å². The fourth-order valence-electron chi connectivity index (χ4n) is 1.58. The minimum absolute atomic E-state index is 0. The maximum atomic E-state index is 6.17. The Hall–Kier alpha value is -0.640. The van der Waals surface area contributed by atoms with Crippen LogP contribution in [-0.2, 0) is 0 Å². The first-order chi connectivity index (χ1) is 9.08. The summed E-state index contributed by atoms with van der Waals surface area (Å²) in [6, 6.07) is 5.43. The zero-order chi connectivity index (χ0) is 14.3. The molecule has 110 valence electrons. The van der Waals surface area contributed by atoms with Gasteiger partial charge in [-0.2, -0.15) is 0 Å². The van der Waals surface area contributed by atoms with Crippen molar-refractivity contribution in [1.29, 1.82) is 0 Å². The normalized spacial score (nSPS) is 12.1. The third-order valence-electron chi connectivity index (χ3n) is 2.45. The number of benzene rings is 1. The van der Waals surface area contributed by atoms with Crippen molar-refractivity contribution < 1.29 is 0 Å². The predicted octanol–water partition coefficient (Wildman–Crippen LogP) is 3.86. The van der Waals surface area contributed by atoms with Gasteiger partial charge in [-0.25, -0.2) is 4.99 Å². The summed E-state index contributed by atoms with van der Waals surface area (Å²) in [6.07, 6.45) is 5.21. The molecule has 0 saturated heterocycles. The Morgan fingerprint density at radius 3 is 2.70 bits per heavy atom. The summed E-state index contributed by atoms with van der Waals surface area (Å²) in [6.45, 7) is 5.08. The molecule has 0 aliphatic heterocycles. The molecule has 1 unspecified atom stereocenters. The lowest BCUT2D eigenvalue weighted by Gasteiger charge is -2.19. The molecule has 1 aromatic rings. The molecule has 0 bridgehead atoms. The Balaban J connectivity index is 0.00000361. The van der Waals surface area contributed by atoms with Gasteiger partial charge < -0.3 is 10.6 Å². The molecular weight excluding hydrogens is 408 g/mol. The molecule has 1 rings (SSSR count). The van der Waals surface area contributed by atoms with E-state index in [2.05, 4.69) is 21.5 Å². The molecule has 0 aliphatic rings. The van der Waals surface area contributed by atoms with Crippen LogP contribution in [0.4, 0.5) is 0 Å². The molecular formula is C14H18Cl2IN3. The smallest absolute Gasteiger partial charge is 0.192 e. The van der Waals surface area contributed by atoms with E-state index in [1.807, 2.05) is 26.0 Å². The van der Waals surface area contributed by atoms with Crippen LogP contribution < -0.4 is 10.6 Å². The predicted molar refractivity (Wildman–Crippen MR) is 98.2 cm³/mol. The lowest BCUT2D eigenvalue weighted by molar-refractivity contribution is 0.689. The van der Waals surface area contributed by atoms with Crippen molar-refractivity contribution >= 4 is 53.1 Å². The summed E-state index contributed by atoms with van der Waals surface area (Å²) < 4.78 is 0. The fraction of sp³-hybridized carbons (Fsp3) is 0.357. The van der Waals surface area contributed by atoms with Gasteiger partial charge in [-0.05, 0) is 31.5 Å². The van der Waals surface area contributed by atoms with Crippen molar-refractivity contribution in [2.45, 2.75) is 19.9 Å². The first-order valence-corrected chi connectivity index (χ1v) is 6.77. The topological polar surface area (TPSA) is 36.4 Å². The average Bonchev–Trinajstić information content (AvgIpc) is 2.36. The van der Waals surface area contributed by atoms with Gasteiger partial charge in [0.2, 0.25) is 0 Å². The molecule has 0 heterocycles. The monoisotopic (exact) mass is 425 g/mol. The molecule has 2 N–H and O–H groups in total. The van der Waals surface area contributed by atoms with E-state index < -0.39 is 0 Å². The molecule has 6 heteroatoms. The third-order valence-corrected chi connectivity index (χ3v) is 3.02. The maximum absolute atomic E-state index is 6.17. The second-order valence-electron chi connectivity index (χ2n) is 3.93. The lowest BCUT2D eigenvalue weighted by Crippen LogP contribution is -2.38. The minimum atomic E-state index is 0. The molecule has 0 radical (unpaired) electrons. The Bertz CT molecular complexity index is 498. The van der Waals surface area contributed by atoms with Crippen molar-refractivity contribution in [3.63, 3.8) is 0 Å². The van der Waals surface area contributed by atoms with Gasteiger partial charge in [-0.3, -0.25) is 0 Å². The van der Waals surface area contributed by atoms with Gasteiger partial charge in [0, 0.05) is 16.6 Å². The number of nitrogens with one attached hydrogen (secondary N) is 2. The van der Waals surface area contributed by atoms with Gasteiger partial charge in [-0.15, -0.1) is 30.4 Å². The Labute approximate surface area is 147 Å². The second kappa shape index (κ2) is 10.1. The summed E-state index contributed by atoms with van der Waals surface area (Å²) in [5.74, 6) is 3.14.